The summed E-state index contributed by atoms with van der Waals surface area (Å²) < 4.78 is 12.9. The van der Waals surface area contributed by atoms with Crippen LogP contribution in [0.15, 0.2) is 30.5 Å². The van der Waals surface area contributed by atoms with Gasteiger partial charge < -0.3 is 10.6 Å². The van der Waals surface area contributed by atoms with Gasteiger partial charge in [-0.05, 0) is 24.3 Å². The van der Waals surface area contributed by atoms with Gasteiger partial charge in [-0.25, -0.2) is 9.37 Å². The van der Waals surface area contributed by atoms with E-state index in [0.29, 0.717) is 22.5 Å². The van der Waals surface area contributed by atoms with Crippen LogP contribution in [0.25, 0.3) is 0 Å². The summed E-state index contributed by atoms with van der Waals surface area (Å²) in [5, 5.41) is 6.11. The van der Waals surface area contributed by atoms with Crippen LogP contribution in [0.5, 0.6) is 0 Å². The van der Waals surface area contributed by atoms with Gasteiger partial charge in [-0.15, -0.1) is 0 Å². The Hall–Kier alpha value is -1.88. The molecule has 0 radical (unpaired) electrons. The van der Waals surface area contributed by atoms with Gasteiger partial charge in [0.05, 0.1) is 10.7 Å². The summed E-state index contributed by atoms with van der Waals surface area (Å²) >= 11 is 5.89. The Kier molecular flexibility index (Phi) is 3.39. The molecule has 0 unspecified atom stereocenters. The summed E-state index contributed by atoms with van der Waals surface area (Å²) in [6, 6.07) is 5.82. The zero-order valence-corrected chi connectivity index (χ0v) is 9.79. The summed E-state index contributed by atoms with van der Waals surface area (Å²) in [4.78, 5) is 8.15. The molecule has 1 heterocycles. The number of anilines is 3. The highest BCUT2D eigenvalue weighted by Gasteiger charge is 2.03. The first kappa shape index (κ1) is 11.6. The molecule has 1 aromatic carbocycles. The first-order valence-electron chi connectivity index (χ1n) is 4.92. The fraction of sp³-hybridized carbons (Fsp3) is 0.0909. The lowest BCUT2D eigenvalue weighted by molar-refractivity contribution is 0.628. The molecule has 88 valence electrons. The summed E-state index contributed by atoms with van der Waals surface area (Å²) in [5.41, 5.74) is 0.591. The Morgan fingerprint density at radius 3 is 2.82 bits per heavy atom. The van der Waals surface area contributed by atoms with Gasteiger partial charge >= 0.3 is 0 Å². The van der Waals surface area contributed by atoms with Crippen LogP contribution >= 0.6 is 11.6 Å². The van der Waals surface area contributed by atoms with Crippen molar-refractivity contribution in [3.8, 4) is 0 Å². The highest BCUT2D eigenvalue weighted by atomic mass is 35.5. The first-order valence-corrected chi connectivity index (χ1v) is 5.29. The van der Waals surface area contributed by atoms with Gasteiger partial charge in [0.25, 0.3) is 0 Å². The van der Waals surface area contributed by atoms with Crippen molar-refractivity contribution in [2.24, 2.45) is 0 Å². The van der Waals surface area contributed by atoms with E-state index >= 15 is 0 Å². The molecule has 0 aliphatic heterocycles. The number of aromatic nitrogens is 2. The Morgan fingerprint density at radius 1 is 1.29 bits per heavy atom. The molecule has 0 aliphatic rings. The standard InChI is InChI=1S/C11H10ClFN4/c1-14-11-15-5-4-10(17-11)16-9-3-2-7(13)6-8(9)12/h2-6H,1H3,(H2,14,15,16,17). The Labute approximate surface area is 103 Å². The van der Waals surface area contributed by atoms with Crippen LogP contribution in [0.3, 0.4) is 0 Å². The van der Waals surface area contributed by atoms with Crippen molar-refractivity contribution in [1.29, 1.82) is 0 Å². The van der Waals surface area contributed by atoms with Crippen LogP contribution < -0.4 is 10.6 Å². The highest BCUT2D eigenvalue weighted by molar-refractivity contribution is 6.33. The normalized spacial score (nSPS) is 10.1. The molecule has 0 saturated carbocycles. The summed E-state index contributed by atoms with van der Waals surface area (Å²) in [6.07, 6.45) is 1.61. The van der Waals surface area contributed by atoms with Crippen LogP contribution in [0.1, 0.15) is 0 Å². The molecular weight excluding hydrogens is 243 g/mol. The highest BCUT2D eigenvalue weighted by Crippen LogP contribution is 2.25. The molecule has 0 spiro atoms. The monoisotopic (exact) mass is 252 g/mol. The molecule has 0 aliphatic carbocycles. The molecule has 0 fully saturated rings. The first-order chi connectivity index (χ1) is 8.19. The molecule has 1 aromatic heterocycles. The predicted octanol–water partition coefficient (Wildman–Crippen LogP) is 3.05. The van der Waals surface area contributed by atoms with E-state index in [4.69, 9.17) is 11.6 Å². The molecule has 0 saturated heterocycles. The van der Waals surface area contributed by atoms with E-state index in [1.54, 1.807) is 25.4 Å². The van der Waals surface area contributed by atoms with Gasteiger partial charge in [-0.1, -0.05) is 11.6 Å². The van der Waals surface area contributed by atoms with E-state index in [-0.39, 0.29) is 5.82 Å². The minimum atomic E-state index is -0.376. The molecule has 2 N–H and O–H groups in total. The van der Waals surface area contributed by atoms with Crippen molar-refractivity contribution in [1.82, 2.24) is 9.97 Å². The maximum absolute atomic E-state index is 12.9. The van der Waals surface area contributed by atoms with Crippen molar-refractivity contribution >= 4 is 29.1 Å². The van der Waals surface area contributed by atoms with E-state index in [1.807, 2.05) is 0 Å². The van der Waals surface area contributed by atoms with Crippen molar-refractivity contribution in [2.75, 3.05) is 17.7 Å². The SMILES string of the molecule is CNc1nccc(Nc2ccc(F)cc2Cl)n1. The lowest BCUT2D eigenvalue weighted by Gasteiger charge is -2.08. The Balaban J connectivity index is 2.25. The van der Waals surface area contributed by atoms with Crippen molar-refractivity contribution in [2.45, 2.75) is 0 Å². The lowest BCUT2D eigenvalue weighted by atomic mass is 10.3. The second kappa shape index (κ2) is 4.97. The smallest absolute Gasteiger partial charge is 0.224 e. The van der Waals surface area contributed by atoms with Gasteiger partial charge in [0.15, 0.2) is 0 Å². The Bertz CT molecular complexity index is 533. The molecule has 2 aromatic rings. The summed E-state index contributed by atoms with van der Waals surface area (Å²) in [7, 11) is 1.73. The molecule has 4 nitrogen and oxygen atoms in total. The van der Waals surface area contributed by atoms with Crippen LogP contribution in [0.4, 0.5) is 21.8 Å². The zero-order chi connectivity index (χ0) is 12.3. The lowest BCUT2D eigenvalue weighted by Crippen LogP contribution is -2.00. The third-order valence-corrected chi connectivity index (χ3v) is 2.39. The topological polar surface area (TPSA) is 49.8 Å². The molecule has 17 heavy (non-hydrogen) atoms. The van der Waals surface area contributed by atoms with Crippen LogP contribution in [0.2, 0.25) is 5.02 Å². The van der Waals surface area contributed by atoms with Crippen molar-refractivity contribution in [3.05, 3.63) is 41.3 Å². The minimum absolute atomic E-state index is 0.301. The fourth-order valence-corrected chi connectivity index (χ4v) is 1.49. The third kappa shape index (κ3) is 2.82. The number of hydrogen-bond acceptors (Lipinski definition) is 4. The van der Waals surface area contributed by atoms with E-state index in [1.165, 1.54) is 12.1 Å². The average molecular weight is 253 g/mol. The number of nitrogens with one attached hydrogen (secondary N) is 2. The summed E-state index contributed by atoms with van der Waals surface area (Å²) in [6.45, 7) is 0. The molecule has 6 heteroatoms. The van der Waals surface area contributed by atoms with Gasteiger partial charge in [0.2, 0.25) is 5.95 Å². The molecule has 2 rings (SSSR count). The van der Waals surface area contributed by atoms with Gasteiger partial charge in [-0.3, -0.25) is 0 Å². The number of rotatable bonds is 3. The number of benzene rings is 1. The van der Waals surface area contributed by atoms with E-state index in [9.17, 15) is 4.39 Å². The van der Waals surface area contributed by atoms with Gasteiger partial charge in [0.1, 0.15) is 11.6 Å². The average Bonchev–Trinajstić information content (AvgIpc) is 2.33. The van der Waals surface area contributed by atoms with E-state index < -0.39 is 0 Å². The van der Waals surface area contributed by atoms with E-state index in [2.05, 4.69) is 20.6 Å². The summed E-state index contributed by atoms with van der Waals surface area (Å²) in [5.74, 6) is 0.699. The van der Waals surface area contributed by atoms with Crippen LogP contribution in [-0.2, 0) is 0 Å². The van der Waals surface area contributed by atoms with Crippen molar-refractivity contribution in [3.63, 3.8) is 0 Å². The molecule has 0 bridgehead atoms. The van der Waals surface area contributed by atoms with Gasteiger partial charge in [0, 0.05) is 13.2 Å². The largest absolute Gasteiger partial charge is 0.357 e. The maximum Gasteiger partial charge on any atom is 0.224 e. The number of nitrogens with zero attached hydrogens (tertiary/aromatic N) is 2. The zero-order valence-electron chi connectivity index (χ0n) is 9.04. The Morgan fingerprint density at radius 2 is 2.12 bits per heavy atom. The predicted molar refractivity (Wildman–Crippen MR) is 66.3 cm³/mol. The third-order valence-electron chi connectivity index (χ3n) is 2.07. The second-order valence-electron chi connectivity index (χ2n) is 3.26. The van der Waals surface area contributed by atoms with Crippen molar-refractivity contribution < 1.29 is 4.39 Å². The second-order valence-corrected chi connectivity index (χ2v) is 3.67. The van der Waals surface area contributed by atoms with E-state index in [0.717, 1.165) is 0 Å². The maximum atomic E-state index is 12.9. The number of hydrogen-bond donors (Lipinski definition) is 2. The van der Waals surface area contributed by atoms with Gasteiger partial charge in [-0.2, -0.15) is 4.98 Å². The molecule has 0 atom stereocenters. The quantitative estimate of drug-likeness (QED) is 0.882. The number of halogens is 2. The van der Waals surface area contributed by atoms with Crippen LogP contribution in [0, 0.1) is 5.82 Å². The molecule has 0 amide bonds. The fourth-order valence-electron chi connectivity index (χ4n) is 1.28. The van der Waals surface area contributed by atoms with Crippen LogP contribution in [-0.4, -0.2) is 17.0 Å². The molecular formula is C11H10ClFN4. The minimum Gasteiger partial charge on any atom is -0.357 e.